The summed E-state index contributed by atoms with van der Waals surface area (Å²) in [6.07, 6.45) is -5.76. The number of amides is 1. The van der Waals surface area contributed by atoms with Gasteiger partial charge in [-0.2, -0.15) is 13.2 Å². The molecule has 8 heteroatoms. The van der Waals surface area contributed by atoms with E-state index in [1.54, 1.807) is 12.1 Å². The summed E-state index contributed by atoms with van der Waals surface area (Å²) < 4.78 is 45.1. The third kappa shape index (κ3) is 4.82. The van der Waals surface area contributed by atoms with Crippen LogP contribution in [0.1, 0.15) is 0 Å². The molecule has 0 radical (unpaired) electrons. The molecule has 0 unspecified atom stereocenters. The summed E-state index contributed by atoms with van der Waals surface area (Å²) in [5, 5.41) is 2.16. The van der Waals surface area contributed by atoms with Crippen molar-refractivity contribution in [2.24, 2.45) is 0 Å². The monoisotopic (exact) mass is 327 g/mol. The average molecular weight is 328 g/mol. The minimum atomic E-state index is -4.56. The summed E-state index contributed by atoms with van der Waals surface area (Å²) in [7, 11) is 1.37. The van der Waals surface area contributed by atoms with Crippen LogP contribution in [0.15, 0.2) is 22.7 Å². The first kappa shape index (κ1) is 14.6. The molecule has 100 valence electrons. The molecule has 4 nitrogen and oxygen atoms in total. The second-order valence-electron chi connectivity index (χ2n) is 3.16. The van der Waals surface area contributed by atoms with Gasteiger partial charge in [0.15, 0.2) is 6.61 Å². The maximum absolute atomic E-state index is 11.8. The van der Waals surface area contributed by atoms with E-state index in [2.05, 4.69) is 26.0 Å². The number of hydrogen-bond acceptors (Lipinski definition) is 3. The van der Waals surface area contributed by atoms with Crippen molar-refractivity contribution in [1.82, 2.24) is 0 Å². The molecule has 0 aliphatic rings. The summed E-state index contributed by atoms with van der Waals surface area (Å²) in [4.78, 5) is 11.1. The molecule has 18 heavy (non-hydrogen) atoms. The quantitative estimate of drug-likeness (QED) is 0.923. The van der Waals surface area contributed by atoms with Crippen molar-refractivity contribution in [3.63, 3.8) is 0 Å². The number of hydrogen-bond donors (Lipinski definition) is 1. The Balaban J connectivity index is 2.66. The molecule has 0 saturated carbocycles. The van der Waals surface area contributed by atoms with Crippen LogP contribution in [0.5, 0.6) is 5.75 Å². The number of halogens is 4. The first-order valence-corrected chi connectivity index (χ1v) is 5.45. The van der Waals surface area contributed by atoms with Crippen LogP contribution in [0.4, 0.5) is 23.7 Å². The number of nitrogens with one attached hydrogen (secondary N) is 1. The highest BCUT2D eigenvalue weighted by Crippen LogP contribution is 2.28. The fourth-order valence-electron chi connectivity index (χ4n) is 1.07. The van der Waals surface area contributed by atoms with Gasteiger partial charge >= 0.3 is 12.3 Å². The molecule has 1 amide bonds. The Morgan fingerprint density at radius 3 is 2.67 bits per heavy atom. The van der Waals surface area contributed by atoms with Crippen LogP contribution in [0.2, 0.25) is 0 Å². The molecule has 0 aliphatic heterocycles. The standard InChI is InChI=1S/C10H9BrF3NO3/c1-17-8-3-2-6(11)4-7(8)15-9(16)18-5-10(12,13)14/h2-4H,5H2,1H3,(H,15,16). The molecule has 0 aliphatic carbocycles. The Morgan fingerprint density at radius 1 is 1.44 bits per heavy atom. The molecule has 0 spiro atoms. The molecule has 0 fully saturated rings. The predicted molar refractivity (Wildman–Crippen MR) is 61.7 cm³/mol. The maximum atomic E-state index is 11.8. The zero-order valence-electron chi connectivity index (χ0n) is 9.18. The number of carbonyl (C=O) groups is 1. The van der Waals surface area contributed by atoms with E-state index in [9.17, 15) is 18.0 Å². The van der Waals surface area contributed by atoms with E-state index in [0.29, 0.717) is 10.2 Å². The van der Waals surface area contributed by atoms with Gasteiger partial charge in [0.05, 0.1) is 12.8 Å². The van der Waals surface area contributed by atoms with Gasteiger partial charge in [0.2, 0.25) is 0 Å². The SMILES string of the molecule is COc1ccc(Br)cc1NC(=O)OCC(F)(F)F. The second-order valence-corrected chi connectivity index (χ2v) is 4.08. The number of methoxy groups -OCH3 is 1. The van der Waals surface area contributed by atoms with Crippen LogP contribution in [0.3, 0.4) is 0 Å². The summed E-state index contributed by atoms with van der Waals surface area (Å²) in [5.74, 6) is 0.308. The van der Waals surface area contributed by atoms with Crippen molar-refractivity contribution in [2.75, 3.05) is 19.0 Å². The number of alkyl halides is 3. The number of rotatable bonds is 3. The van der Waals surface area contributed by atoms with Crippen molar-refractivity contribution >= 4 is 27.7 Å². The van der Waals surface area contributed by atoms with Gasteiger partial charge in [-0.15, -0.1) is 0 Å². The molecular formula is C10H9BrF3NO3. The highest BCUT2D eigenvalue weighted by atomic mass is 79.9. The average Bonchev–Trinajstić information content (AvgIpc) is 2.26. The summed E-state index contributed by atoms with van der Waals surface area (Å²) in [6.45, 7) is -1.64. The lowest BCUT2D eigenvalue weighted by atomic mass is 10.3. The van der Waals surface area contributed by atoms with Gasteiger partial charge in [-0.05, 0) is 18.2 Å². The topological polar surface area (TPSA) is 47.6 Å². The molecule has 0 aromatic heterocycles. The number of ether oxygens (including phenoxy) is 2. The number of benzene rings is 1. The van der Waals surface area contributed by atoms with Gasteiger partial charge < -0.3 is 9.47 Å². The molecule has 1 N–H and O–H groups in total. The molecular weight excluding hydrogens is 319 g/mol. The third-order valence-corrected chi connectivity index (χ3v) is 2.26. The fourth-order valence-corrected chi connectivity index (χ4v) is 1.43. The van der Waals surface area contributed by atoms with E-state index in [-0.39, 0.29) is 5.69 Å². The van der Waals surface area contributed by atoms with E-state index in [1.165, 1.54) is 13.2 Å². The van der Waals surface area contributed by atoms with E-state index >= 15 is 0 Å². The largest absolute Gasteiger partial charge is 0.495 e. The van der Waals surface area contributed by atoms with Gasteiger partial charge in [0.25, 0.3) is 0 Å². The van der Waals surface area contributed by atoms with Crippen LogP contribution < -0.4 is 10.1 Å². The first-order chi connectivity index (χ1) is 8.31. The van der Waals surface area contributed by atoms with Crippen LogP contribution in [0.25, 0.3) is 0 Å². The highest BCUT2D eigenvalue weighted by molar-refractivity contribution is 9.10. The zero-order chi connectivity index (χ0) is 13.8. The van der Waals surface area contributed by atoms with E-state index in [1.807, 2.05) is 0 Å². The highest BCUT2D eigenvalue weighted by Gasteiger charge is 2.29. The van der Waals surface area contributed by atoms with E-state index in [0.717, 1.165) is 0 Å². The predicted octanol–water partition coefficient (Wildman–Crippen LogP) is 3.57. The Kier molecular flexibility index (Phi) is 4.83. The minimum absolute atomic E-state index is 0.207. The van der Waals surface area contributed by atoms with Crippen molar-refractivity contribution in [3.05, 3.63) is 22.7 Å². The molecule has 0 bridgehead atoms. The van der Waals surface area contributed by atoms with Crippen LogP contribution in [0, 0.1) is 0 Å². The zero-order valence-corrected chi connectivity index (χ0v) is 10.8. The minimum Gasteiger partial charge on any atom is -0.495 e. The number of carbonyl (C=O) groups excluding carboxylic acids is 1. The van der Waals surface area contributed by atoms with Crippen molar-refractivity contribution in [3.8, 4) is 5.75 Å². The van der Waals surface area contributed by atoms with Crippen molar-refractivity contribution in [1.29, 1.82) is 0 Å². The Bertz CT molecular complexity index is 437. The first-order valence-electron chi connectivity index (χ1n) is 4.66. The maximum Gasteiger partial charge on any atom is 0.422 e. The molecule has 1 aromatic rings. The molecule has 0 heterocycles. The smallest absolute Gasteiger partial charge is 0.422 e. The lowest BCUT2D eigenvalue weighted by molar-refractivity contribution is -0.159. The van der Waals surface area contributed by atoms with E-state index in [4.69, 9.17) is 4.74 Å². The molecule has 0 saturated heterocycles. The van der Waals surface area contributed by atoms with Gasteiger partial charge in [0, 0.05) is 4.47 Å². The molecule has 1 rings (SSSR count). The van der Waals surface area contributed by atoms with Gasteiger partial charge in [0.1, 0.15) is 5.75 Å². The summed E-state index contributed by atoms with van der Waals surface area (Å²) in [5.41, 5.74) is 0.207. The number of anilines is 1. The third-order valence-electron chi connectivity index (χ3n) is 1.77. The Labute approximate surface area is 109 Å². The van der Waals surface area contributed by atoms with Crippen LogP contribution in [-0.2, 0) is 4.74 Å². The molecule has 0 atom stereocenters. The molecule has 1 aromatic carbocycles. The van der Waals surface area contributed by atoms with Crippen molar-refractivity contribution < 1.29 is 27.4 Å². The normalized spacial score (nSPS) is 10.9. The summed E-state index contributed by atoms with van der Waals surface area (Å²) in [6, 6.07) is 4.68. The lowest BCUT2D eigenvalue weighted by Gasteiger charge is -2.11. The van der Waals surface area contributed by atoms with Gasteiger partial charge in [-0.1, -0.05) is 15.9 Å². The van der Waals surface area contributed by atoms with Gasteiger partial charge in [-0.25, -0.2) is 4.79 Å². The fraction of sp³-hybridized carbons (Fsp3) is 0.300. The van der Waals surface area contributed by atoms with Crippen molar-refractivity contribution in [2.45, 2.75) is 6.18 Å². The Hall–Kier alpha value is -1.44. The van der Waals surface area contributed by atoms with Crippen LogP contribution >= 0.6 is 15.9 Å². The van der Waals surface area contributed by atoms with Gasteiger partial charge in [-0.3, -0.25) is 5.32 Å². The van der Waals surface area contributed by atoms with Crippen LogP contribution in [-0.4, -0.2) is 26.0 Å². The Morgan fingerprint density at radius 2 is 2.11 bits per heavy atom. The second kappa shape index (κ2) is 5.94. The lowest BCUT2D eigenvalue weighted by Crippen LogP contribution is -2.23. The summed E-state index contributed by atoms with van der Waals surface area (Å²) >= 11 is 3.16. The van der Waals surface area contributed by atoms with E-state index < -0.39 is 18.9 Å².